The van der Waals surface area contributed by atoms with Gasteiger partial charge < -0.3 is 10.2 Å². The highest BCUT2D eigenvalue weighted by molar-refractivity contribution is 7.20. The van der Waals surface area contributed by atoms with E-state index in [2.05, 4.69) is 34.5 Å². The van der Waals surface area contributed by atoms with Crippen LogP contribution in [-0.4, -0.2) is 40.7 Å². The quantitative estimate of drug-likeness (QED) is 0.450. The molecule has 2 heterocycles. The van der Waals surface area contributed by atoms with Gasteiger partial charge >= 0.3 is 0 Å². The Labute approximate surface area is 184 Å². The summed E-state index contributed by atoms with van der Waals surface area (Å²) in [7, 11) is 3.96. The lowest BCUT2D eigenvalue weighted by atomic mass is 10.1. The molecule has 0 spiro atoms. The van der Waals surface area contributed by atoms with Crippen LogP contribution in [0, 0.1) is 0 Å². The Morgan fingerprint density at radius 1 is 1.17 bits per heavy atom. The Bertz CT molecular complexity index is 1150. The molecule has 0 unspecified atom stereocenters. The standard InChI is InChI=1S/C23H23ClN4OS/c1-27(15-16-6-4-3-5-7-16)13-12-25-22(29)20-14-19-21(26-28(2)23(19)30-20)17-8-10-18(24)11-9-17/h3-11,14H,12-13,15H2,1-2H3,(H,25,29). The van der Waals surface area contributed by atoms with Crippen LogP contribution in [0.4, 0.5) is 0 Å². The van der Waals surface area contributed by atoms with Crippen molar-refractivity contribution in [3.8, 4) is 11.3 Å². The SMILES string of the molecule is CN(CCNC(=O)c1cc2c(-c3ccc(Cl)cc3)nn(C)c2s1)Cc1ccccc1. The van der Waals surface area contributed by atoms with Gasteiger partial charge in [-0.15, -0.1) is 11.3 Å². The van der Waals surface area contributed by atoms with Crippen LogP contribution in [-0.2, 0) is 13.6 Å². The Balaban J connectivity index is 1.41. The van der Waals surface area contributed by atoms with Crippen LogP contribution >= 0.6 is 22.9 Å². The number of thiophene rings is 1. The van der Waals surface area contributed by atoms with Gasteiger partial charge in [-0.2, -0.15) is 5.10 Å². The second-order valence-corrected chi connectivity index (χ2v) is 8.75. The van der Waals surface area contributed by atoms with E-state index in [4.69, 9.17) is 11.6 Å². The maximum absolute atomic E-state index is 12.7. The topological polar surface area (TPSA) is 50.2 Å². The van der Waals surface area contributed by atoms with E-state index in [1.54, 1.807) is 0 Å². The number of carbonyl (C=O) groups excluding carboxylic acids is 1. The Hall–Kier alpha value is -2.67. The number of aromatic nitrogens is 2. The van der Waals surface area contributed by atoms with Gasteiger partial charge in [-0.1, -0.05) is 54.1 Å². The van der Waals surface area contributed by atoms with E-state index in [0.717, 1.165) is 34.6 Å². The van der Waals surface area contributed by atoms with Gasteiger partial charge in [0.05, 0.1) is 4.88 Å². The molecule has 4 rings (SSSR count). The van der Waals surface area contributed by atoms with E-state index < -0.39 is 0 Å². The van der Waals surface area contributed by atoms with Gasteiger partial charge in [0.2, 0.25) is 0 Å². The number of hydrogen-bond acceptors (Lipinski definition) is 4. The summed E-state index contributed by atoms with van der Waals surface area (Å²) in [6.07, 6.45) is 0. The number of nitrogens with one attached hydrogen (secondary N) is 1. The summed E-state index contributed by atoms with van der Waals surface area (Å²) in [5.74, 6) is -0.0497. The maximum Gasteiger partial charge on any atom is 0.261 e. The molecule has 2 aromatic heterocycles. The molecule has 0 aliphatic rings. The van der Waals surface area contributed by atoms with Crippen molar-refractivity contribution in [3.05, 3.63) is 76.1 Å². The normalized spacial score (nSPS) is 11.3. The average molecular weight is 439 g/mol. The fourth-order valence-electron chi connectivity index (χ4n) is 3.40. The zero-order chi connectivity index (χ0) is 21.1. The first kappa shape index (κ1) is 20.6. The molecular formula is C23H23ClN4OS. The van der Waals surface area contributed by atoms with Crippen LogP contribution in [0.3, 0.4) is 0 Å². The smallest absolute Gasteiger partial charge is 0.261 e. The van der Waals surface area contributed by atoms with Crippen LogP contribution in [0.5, 0.6) is 0 Å². The van der Waals surface area contributed by atoms with Gasteiger partial charge in [-0.3, -0.25) is 9.48 Å². The average Bonchev–Trinajstić information content (AvgIpc) is 3.30. The van der Waals surface area contributed by atoms with Crippen LogP contribution < -0.4 is 5.32 Å². The highest BCUT2D eigenvalue weighted by atomic mass is 35.5. The van der Waals surface area contributed by atoms with Crippen molar-refractivity contribution in [2.45, 2.75) is 6.54 Å². The van der Waals surface area contributed by atoms with Crippen LogP contribution in [0.25, 0.3) is 21.5 Å². The summed E-state index contributed by atoms with van der Waals surface area (Å²) in [5.41, 5.74) is 3.11. The van der Waals surface area contributed by atoms with Gasteiger partial charge in [-0.05, 0) is 30.8 Å². The number of amides is 1. The van der Waals surface area contributed by atoms with Gasteiger partial charge in [0.25, 0.3) is 5.91 Å². The molecule has 0 aliphatic carbocycles. The minimum absolute atomic E-state index is 0.0497. The van der Waals surface area contributed by atoms with Gasteiger partial charge in [0.15, 0.2) is 0 Å². The number of aryl methyl sites for hydroxylation is 1. The van der Waals surface area contributed by atoms with Crippen LogP contribution in [0.15, 0.2) is 60.7 Å². The van der Waals surface area contributed by atoms with Crippen molar-refractivity contribution in [1.29, 1.82) is 0 Å². The fourth-order valence-corrected chi connectivity index (χ4v) is 4.51. The molecule has 0 atom stereocenters. The number of carbonyl (C=O) groups is 1. The number of nitrogens with zero attached hydrogens (tertiary/aromatic N) is 3. The van der Waals surface area contributed by atoms with Crippen molar-refractivity contribution < 1.29 is 4.79 Å². The third-order valence-electron chi connectivity index (χ3n) is 4.93. The van der Waals surface area contributed by atoms with E-state index >= 15 is 0 Å². The van der Waals surface area contributed by atoms with Crippen LogP contribution in [0.1, 0.15) is 15.2 Å². The minimum atomic E-state index is -0.0497. The summed E-state index contributed by atoms with van der Waals surface area (Å²) in [6.45, 7) is 2.23. The number of benzene rings is 2. The zero-order valence-electron chi connectivity index (χ0n) is 16.9. The van der Waals surface area contributed by atoms with Crippen LogP contribution in [0.2, 0.25) is 5.02 Å². The number of fused-ring (bicyclic) bond motifs is 1. The van der Waals surface area contributed by atoms with E-state index in [1.165, 1.54) is 16.9 Å². The van der Waals surface area contributed by atoms with Crippen molar-refractivity contribution >= 4 is 39.1 Å². The highest BCUT2D eigenvalue weighted by Crippen LogP contribution is 2.34. The van der Waals surface area contributed by atoms with Crippen molar-refractivity contribution in [3.63, 3.8) is 0 Å². The third kappa shape index (κ3) is 4.56. The largest absolute Gasteiger partial charge is 0.350 e. The molecule has 1 amide bonds. The monoisotopic (exact) mass is 438 g/mol. The molecule has 0 bridgehead atoms. The molecule has 0 radical (unpaired) electrons. The first-order valence-corrected chi connectivity index (χ1v) is 10.9. The fraction of sp³-hybridized carbons (Fsp3) is 0.217. The second kappa shape index (κ2) is 9.00. The lowest BCUT2D eigenvalue weighted by Gasteiger charge is -2.16. The summed E-state index contributed by atoms with van der Waals surface area (Å²) in [6, 6.07) is 19.8. The Kier molecular flexibility index (Phi) is 6.18. The molecule has 7 heteroatoms. The molecule has 0 saturated carbocycles. The van der Waals surface area contributed by atoms with E-state index in [1.807, 2.05) is 60.3 Å². The van der Waals surface area contributed by atoms with Gasteiger partial charge in [-0.25, -0.2) is 0 Å². The predicted molar refractivity (Wildman–Crippen MR) is 124 cm³/mol. The van der Waals surface area contributed by atoms with E-state index in [-0.39, 0.29) is 5.91 Å². The lowest BCUT2D eigenvalue weighted by molar-refractivity contribution is 0.0953. The molecule has 154 valence electrons. The third-order valence-corrected chi connectivity index (χ3v) is 6.38. The van der Waals surface area contributed by atoms with Crippen molar-refractivity contribution in [2.24, 2.45) is 7.05 Å². The highest BCUT2D eigenvalue weighted by Gasteiger charge is 2.18. The molecular weight excluding hydrogens is 416 g/mol. The van der Waals surface area contributed by atoms with Gasteiger partial charge in [0.1, 0.15) is 10.5 Å². The Morgan fingerprint density at radius 3 is 2.63 bits per heavy atom. The molecule has 0 aliphatic heterocycles. The molecule has 1 N–H and O–H groups in total. The molecule has 4 aromatic rings. The summed E-state index contributed by atoms with van der Waals surface area (Å²) >= 11 is 7.47. The number of likely N-dealkylation sites (N-methyl/N-ethyl adjacent to an activating group) is 1. The molecule has 2 aromatic carbocycles. The lowest BCUT2D eigenvalue weighted by Crippen LogP contribution is -2.32. The molecule has 0 saturated heterocycles. The Morgan fingerprint density at radius 2 is 1.90 bits per heavy atom. The molecule has 0 fully saturated rings. The summed E-state index contributed by atoms with van der Waals surface area (Å²) in [5, 5.41) is 9.33. The number of rotatable bonds is 7. The van der Waals surface area contributed by atoms with E-state index in [9.17, 15) is 4.79 Å². The maximum atomic E-state index is 12.7. The molecule has 5 nitrogen and oxygen atoms in total. The predicted octanol–water partition coefficient (Wildman–Crippen LogP) is 4.82. The summed E-state index contributed by atoms with van der Waals surface area (Å²) in [4.78, 5) is 16.6. The second-order valence-electron chi connectivity index (χ2n) is 7.29. The summed E-state index contributed by atoms with van der Waals surface area (Å²) < 4.78 is 1.83. The minimum Gasteiger partial charge on any atom is -0.350 e. The molecule has 30 heavy (non-hydrogen) atoms. The van der Waals surface area contributed by atoms with Crippen molar-refractivity contribution in [1.82, 2.24) is 20.0 Å². The first-order valence-electron chi connectivity index (χ1n) is 9.74. The number of hydrogen-bond donors (Lipinski definition) is 1. The van der Waals surface area contributed by atoms with Gasteiger partial charge in [0, 0.05) is 42.7 Å². The first-order chi connectivity index (χ1) is 14.5. The van der Waals surface area contributed by atoms with E-state index in [0.29, 0.717) is 16.4 Å². The number of halogens is 1. The van der Waals surface area contributed by atoms with Crippen molar-refractivity contribution in [2.75, 3.05) is 20.1 Å². The zero-order valence-corrected chi connectivity index (χ0v) is 18.5.